The summed E-state index contributed by atoms with van der Waals surface area (Å²) in [5.41, 5.74) is 0.693. The Morgan fingerprint density at radius 1 is 1.55 bits per heavy atom. The van der Waals surface area contributed by atoms with E-state index in [0.29, 0.717) is 9.26 Å². The molecule has 0 amide bonds. The Hall–Kier alpha value is -0.260. The fourth-order valence-corrected chi connectivity index (χ4v) is 1.26. The minimum atomic E-state index is -2.40. The number of pyridine rings is 1. The molecule has 0 atom stereocenters. The Morgan fingerprint density at radius 2 is 2.18 bits per heavy atom. The van der Waals surface area contributed by atoms with E-state index in [4.69, 9.17) is 0 Å². The number of alkyl halides is 2. The van der Waals surface area contributed by atoms with Crippen LogP contribution < -0.4 is 0 Å². The minimum absolute atomic E-state index is 0.0677. The van der Waals surface area contributed by atoms with Crippen molar-refractivity contribution in [3.8, 4) is 0 Å². The molecular weight excluding hydrogens is 263 g/mol. The highest BCUT2D eigenvalue weighted by molar-refractivity contribution is 14.1. The fourth-order valence-electron chi connectivity index (χ4n) is 0.732. The van der Waals surface area contributed by atoms with E-state index in [1.807, 2.05) is 22.6 Å². The van der Waals surface area contributed by atoms with Crippen LogP contribution in [-0.2, 0) is 0 Å². The molecule has 0 spiro atoms. The molecule has 0 unspecified atom stereocenters. The molecule has 0 N–H and O–H groups in total. The molecule has 1 nitrogen and oxygen atoms in total. The van der Waals surface area contributed by atoms with Gasteiger partial charge < -0.3 is 0 Å². The molecule has 0 aliphatic carbocycles. The first-order valence-corrected chi connectivity index (χ1v) is 4.09. The molecule has 1 aromatic rings. The SMILES string of the molecule is Cc1cc(C(F)F)c(I)cn1. The van der Waals surface area contributed by atoms with Gasteiger partial charge in [0.1, 0.15) is 0 Å². The lowest BCUT2D eigenvalue weighted by atomic mass is 10.2. The van der Waals surface area contributed by atoms with Gasteiger partial charge in [0.2, 0.25) is 0 Å². The number of hydrogen-bond acceptors (Lipinski definition) is 1. The van der Waals surface area contributed by atoms with E-state index >= 15 is 0 Å². The van der Waals surface area contributed by atoms with E-state index in [0.717, 1.165) is 0 Å². The van der Waals surface area contributed by atoms with Gasteiger partial charge >= 0.3 is 0 Å². The van der Waals surface area contributed by atoms with Crippen molar-refractivity contribution in [2.75, 3.05) is 0 Å². The molecule has 1 heterocycles. The average Bonchev–Trinajstić information content (AvgIpc) is 1.94. The van der Waals surface area contributed by atoms with Gasteiger partial charge in [-0.1, -0.05) is 0 Å². The van der Waals surface area contributed by atoms with Gasteiger partial charge in [-0.2, -0.15) is 0 Å². The van der Waals surface area contributed by atoms with E-state index in [9.17, 15) is 8.78 Å². The maximum Gasteiger partial charge on any atom is 0.264 e. The van der Waals surface area contributed by atoms with Crippen LogP contribution in [-0.4, -0.2) is 4.98 Å². The molecule has 11 heavy (non-hydrogen) atoms. The molecule has 0 saturated heterocycles. The van der Waals surface area contributed by atoms with Gasteiger partial charge in [0, 0.05) is 21.0 Å². The third-order valence-corrected chi connectivity index (χ3v) is 2.16. The summed E-state index contributed by atoms with van der Waals surface area (Å²) in [6, 6.07) is 1.41. The van der Waals surface area contributed by atoms with Crippen LogP contribution >= 0.6 is 22.6 Å². The summed E-state index contributed by atoms with van der Waals surface area (Å²) in [5, 5.41) is 0. The Bertz CT molecular complexity index is 263. The zero-order chi connectivity index (χ0) is 8.43. The van der Waals surface area contributed by atoms with E-state index < -0.39 is 6.43 Å². The molecule has 0 aliphatic rings. The van der Waals surface area contributed by atoms with E-state index in [2.05, 4.69) is 4.98 Å². The summed E-state index contributed by atoms with van der Waals surface area (Å²) in [6.07, 6.45) is -0.944. The first-order chi connectivity index (χ1) is 5.11. The lowest BCUT2D eigenvalue weighted by Crippen LogP contribution is -1.92. The molecule has 1 rings (SSSR count). The van der Waals surface area contributed by atoms with Crippen LogP contribution in [0.25, 0.3) is 0 Å². The van der Waals surface area contributed by atoms with Crippen LogP contribution in [0.15, 0.2) is 12.3 Å². The molecule has 0 fully saturated rings. The highest BCUT2D eigenvalue weighted by Gasteiger charge is 2.11. The largest absolute Gasteiger partial charge is 0.264 e. The summed E-state index contributed by atoms with van der Waals surface area (Å²) in [7, 11) is 0. The van der Waals surface area contributed by atoms with Gasteiger partial charge in [-0.3, -0.25) is 4.98 Å². The highest BCUT2D eigenvalue weighted by atomic mass is 127. The number of halogens is 3. The molecule has 0 aromatic carbocycles. The maximum atomic E-state index is 12.2. The van der Waals surface area contributed by atoms with Crippen molar-refractivity contribution in [2.24, 2.45) is 0 Å². The molecular formula is C7H6F2IN. The molecule has 4 heteroatoms. The van der Waals surface area contributed by atoms with E-state index in [1.54, 1.807) is 6.92 Å². The smallest absolute Gasteiger partial charge is 0.260 e. The Morgan fingerprint density at radius 3 is 2.64 bits per heavy atom. The molecule has 0 bridgehead atoms. The monoisotopic (exact) mass is 269 g/mol. The Balaban J connectivity index is 3.13. The van der Waals surface area contributed by atoms with Crippen LogP contribution in [0.2, 0.25) is 0 Å². The second-order valence-corrected chi connectivity index (χ2v) is 3.31. The molecule has 60 valence electrons. The fraction of sp³-hybridized carbons (Fsp3) is 0.286. The van der Waals surface area contributed by atoms with Crippen LogP contribution in [0.3, 0.4) is 0 Å². The summed E-state index contributed by atoms with van der Waals surface area (Å²) in [6.45, 7) is 1.70. The predicted octanol–water partition coefficient (Wildman–Crippen LogP) is 2.93. The lowest BCUT2D eigenvalue weighted by molar-refractivity contribution is 0.150. The third kappa shape index (κ3) is 2.08. The molecule has 0 radical (unpaired) electrons. The van der Waals surface area contributed by atoms with Gasteiger partial charge in [0.15, 0.2) is 0 Å². The van der Waals surface area contributed by atoms with Gasteiger partial charge in [0.25, 0.3) is 6.43 Å². The maximum absolute atomic E-state index is 12.2. The van der Waals surface area contributed by atoms with E-state index in [-0.39, 0.29) is 5.56 Å². The lowest BCUT2D eigenvalue weighted by Gasteiger charge is -2.02. The number of aryl methyl sites for hydroxylation is 1. The topological polar surface area (TPSA) is 12.9 Å². The standard InChI is InChI=1S/C7H6F2IN/c1-4-2-5(7(8)9)6(10)3-11-4/h2-3,7H,1H3. The van der Waals surface area contributed by atoms with Crippen LogP contribution in [0.5, 0.6) is 0 Å². The van der Waals surface area contributed by atoms with Crippen molar-refractivity contribution in [1.29, 1.82) is 0 Å². The summed E-state index contributed by atoms with van der Waals surface area (Å²) in [5.74, 6) is 0. The minimum Gasteiger partial charge on any atom is -0.260 e. The first-order valence-electron chi connectivity index (χ1n) is 3.01. The summed E-state index contributed by atoms with van der Waals surface area (Å²) in [4.78, 5) is 3.88. The number of nitrogens with zero attached hydrogens (tertiary/aromatic N) is 1. The second kappa shape index (κ2) is 3.42. The quantitative estimate of drug-likeness (QED) is 0.714. The Kier molecular flexibility index (Phi) is 2.75. The van der Waals surface area contributed by atoms with E-state index in [1.165, 1.54) is 12.3 Å². The zero-order valence-corrected chi connectivity index (χ0v) is 7.97. The zero-order valence-electron chi connectivity index (χ0n) is 5.81. The normalized spacial score (nSPS) is 10.6. The van der Waals surface area contributed by atoms with Crippen molar-refractivity contribution in [3.05, 3.63) is 27.1 Å². The molecule has 1 aromatic heterocycles. The van der Waals surface area contributed by atoms with Crippen molar-refractivity contribution >= 4 is 22.6 Å². The van der Waals surface area contributed by atoms with Gasteiger partial charge in [0.05, 0.1) is 0 Å². The van der Waals surface area contributed by atoms with Gasteiger partial charge in [-0.05, 0) is 35.6 Å². The van der Waals surface area contributed by atoms with Gasteiger partial charge in [-0.15, -0.1) is 0 Å². The van der Waals surface area contributed by atoms with Crippen molar-refractivity contribution in [1.82, 2.24) is 4.98 Å². The summed E-state index contributed by atoms with van der Waals surface area (Å²) < 4.78 is 24.9. The second-order valence-electron chi connectivity index (χ2n) is 2.15. The first kappa shape index (κ1) is 8.83. The number of hydrogen-bond donors (Lipinski definition) is 0. The van der Waals surface area contributed by atoms with Crippen LogP contribution in [0.4, 0.5) is 8.78 Å². The van der Waals surface area contributed by atoms with Crippen molar-refractivity contribution in [3.63, 3.8) is 0 Å². The Labute approximate surface area is 77.0 Å². The molecule has 0 saturated carbocycles. The average molecular weight is 269 g/mol. The van der Waals surface area contributed by atoms with Crippen molar-refractivity contribution < 1.29 is 8.78 Å². The highest BCUT2D eigenvalue weighted by Crippen LogP contribution is 2.23. The molecule has 0 aliphatic heterocycles. The number of rotatable bonds is 1. The third-order valence-electron chi connectivity index (χ3n) is 1.26. The van der Waals surface area contributed by atoms with Crippen LogP contribution in [0, 0.1) is 10.5 Å². The van der Waals surface area contributed by atoms with Crippen molar-refractivity contribution in [2.45, 2.75) is 13.3 Å². The van der Waals surface area contributed by atoms with Gasteiger partial charge in [-0.25, -0.2) is 8.78 Å². The predicted molar refractivity (Wildman–Crippen MR) is 46.6 cm³/mol. The van der Waals surface area contributed by atoms with Crippen LogP contribution in [0.1, 0.15) is 17.7 Å². The summed E-state index contributed by atoms with van der Waals surface area (Å²) >= 11 is 1.85. The number of aromatic nitrogens is 1.